The third kappa shape index (κ3) is 4.97. The number of nitrogens with one attached hydrogen (secondary N) is 2. The van der Waals surface area contributed by atoms with Gasteiger partial charge in [0.1, 0.15) is 0 Å². The number of rotatable bonds is 7. The van der Waals surface area contributed by atoms with E-state index < -0.39 is 0 Å². The number of aliphatic hydroxyl groups excluding tert-OH is 1. The lowest BCUT2D eigenvalue weighted by Gasteiger charge is -2.24. The predicted octanol–water partition coefficient (Wildman–Crippen LogP) is 3.84. The molecule has 2 aromatic rings. The van der Waals surface area contributed by atoms with Gasteiger partial charge in [-0.05, 0) is 49.9 Å². The fourth-order valence-corrected chi connectivity index (χ4v) is 3.14. The quantitative estimate of drug-likeness (QED) is 0.713. The maximum atomic E-state index is 12.3. The van der Waals surface area contributed by atoms with E-state index in [1.165, 1.54) is 0 Å². The third-order valence-corrected chi connectivity index (χ3v) is 4.88. The van der Waals surface area contributed by atoms with Crippen LogP contribution in [0, 0.1) is 0 Å². The summed E-state index contributed by atoms with van der Waals surface area (Å²) in [5.41, 5.74) is 1.79. The van der Waals surface area contributed by atoms with E-state index in [0.29, 0.717) is 12.5 Å². The van der Waals surface area contributed by atoms with E-state index in [1.54, 1.807) is 11.3 Å². The molecule has 0 radical (unpaired) electrons. The van der Waals surface area contributed by atoms with Crippen LogP contribution in [0.4, 0.5) is 16.2 Å². The van der Waals surface area contributed by atoms with Crippen LogP contribution < -0.4 is 15.5 Å². The summed E-state index contributed by atoms with van der Waals surface area (Å²) in [5.74, 6) is 0. The van der Waals surface area contributed by atoms with Crippen molar-refractivity contribution in [1.29, 1.82) is 0 Å². The lowest BCUT2D eigenvalue weighted by molar-refractivity contribution is 0.239. The van der Waals surface area contributed by atoms with Crippen LogP contribution in [-0.4, -0.2) is 30.8 Å². The van der Waals surface area contributed by atoms with Crippen LogP contribution in [0.1, 0.15) is 31.2 Å². The Hall–Kier alpha value is -2.05. The Balaban J connectivity index is 2.02. The number of carbonyl (C=O) groups excluding carboxylic acids is 1. The predicted molar refractivity (Wildman–Crippen MR) is 101 cm³/mol. The minimum Gasteiger partial charge on any atom is -0.396 e. The molecule has 0 bridgehead atoms. The largest absolute Gasteiger partial charge is 0.396 e. The van der Waals surface area contributed by atoms with Crippen molar-refractivity contribution in [2.24, 2.45) is 0 Å². The summed E-state index contributed by atoms with van der Waals surface area (Å²) in [5, 5.41) is 17.0. The summed E-state index contributed by atoms with van der Waals surface area (Å²) in [6.07, 6.45) is 0.490. The van der Waals surface area contributed by atoms with Crippen LogP contribution >= 0.6 is 11.3 Å². The summed E-state index contributed by atoms with van der Waals surface area (Å²) >= 11 is 1.57. The van der Waals surface area contributed by atoms with E-state index in [2.05, 4.69) is 29.4 Å². The second-order valence-electron chi connectivity index (χ2n) is 5.93. The van der Waals surface area contributed by atoms with Gasteiger partial charge in [0.2, 0.25) is 0 Å². The van der Waals surface area contributed by atoms with Crippen molar-refractivity contribution >= 4 is 28.7 Å². The van der Waals surface area contributed by atoms with Gasteiger partial charge in [0.15, 0.2) is 0 Å². The van der Waals surface area contributed by atoms with Crippen LogP contribution in [0.3, 0.4) is 0 Å². The number of hydrogen-bond donors (Lipinski definition) is 3. The molecule has 1 unspecified atom stereocenters. The Morgan fingerprint density at radius 3 is 2.71 bits per heavy atom. The molecule has 0 saturated heterocycles. The number of amides is 2. The van der Waals surface area contributed by atoms with Crippen molar-refractivity contribution in [3.05, 3.63) is 46.7 Å². The summed E-state index contributed by atoms with van der Waals surface area (Å²) in [4.78, 5) is 15.5. The number of urea groups is 1. The first-order chi connectivity index (χ1) is 11.5. The van der Waals surface area contributed by atoms with E-state index in [1.807, 2.05) is 48.8 Å². The van der Waals surface area contributed by atoms with Crippen LogP contribution in [0.15, 0.2) is 41.8 Å². The maximum Gasteiger partial charge on any atom is 0.319 e. The summed E-state index contributed by atoms with van der Waals surface area (Å²) in [6.45, 7) is 4.26. The van der Waals surface area contributed by atoms with Gasteiger partial charge in [0, 0.05) is 35.9 Å². The third-order valence-electron chi connectivity index (χ3n) is 3.90. The molecule has 0 aliphatic heterocycles. The molecule has 0 aliphatic carbocycles. The molecular weight excluding hydrogens is 322 g/mol. The number of benzene rings is 1. The SMILES string of the molecule is CC(C)N(C)c1cccc(NC(=O)NC(CCO)c2cccs2)c1. The molecule has 24 heavy (non-hydrogen) atoms. The van der Waals surface area contributed by atoms with Gasteiger partial charge < -0.3 is 20.6 Å². The zero-order valence-electron chi connectivity index (χ0n) is 14.3. The highest BCUT2D eigenvalue weighted by atomic mass is 32.1. The zero-order valence-corrected chi connectivity index (χ0v) is 15.1. The second kappa shape index (κ2) is 8.70. The Bertz CT molecular complexity index is 643. The first kappa shape index (κ1) is 18.3. The summed E-state index contributed by atoms with van der Waals surface area (Å²) in [6, 6.07) is 11.6. The molecule has 130 valence electrons. The van der Waals surface area contributed by atoms with E-state index in [0.717, 1.165) is 16.3 Å². The Kier molecular flexibility index (Phi) is 6.63. The molecule has 0 fully saturated rings. The van der Waals surface area contributed by atoms with Gasteiger partial charge in [0.25, 0.3) is 0 Å². The highest BCUT2D eigenvalue weighted by Gasteiger charge is 2.15. The summed E-state index contributed by atoms with van der Waals surface area (Å²) < 4.78 is 0. The number of nitrogens with zero attached hydrogens (tertiary/aromatic N) is 1. The van der Waals surface area contributed by atoms with Crippen molar-refractivity contribution in [1.82, 2.24) is 5.32 Å². The Morgan fingerprint density at radius 2 is 2.08 bits per heavy atom. The molecule has 0 saturated carbocycles. The molecule has 1 aromatic carbocycles. The number of thiophene rings is 1. The second-order valence-corrected chi connectivity index (χ2v) is 6.91. The molecule has 1 atom stereocenters. The average Bonchev–Trinajstić information content (AvgIpc) is 3.08. The van der Waals surface area contributed by atoms with E-state index >= 15 is 0 Å². The lowest BCUT2D eigenvalue weighted by Crippen LogP contribution is -2.33. The van der Waals surface area contributed by atoms with Gasteiger partial charge in [-0.25, -0.2) is 4.79 Å². The van der Waals surface area contributed by atoms with Crippen LogP contribution in [0.2, 0.25) is 0 Å². The van der Waals surface area contributed by atoms with Crippen molar-refractivity contribution in [3.63, 3.8) is 0 Å². The fraction of sp³-hybridized carbons (Fsp3) is 0.389. The lowest BCUT2D eigenvalue weighted by atomic mass is 10.2. The van der Waals surface area contributed by atoms with E-state index in [-0.39, 0.29) is 18.7 Å². The van der Waals surface area contributed by atoms with Crippen LogP contribution in [0.25, 0.3) is 0 Å². The topological polar surface area (TPSA) is 64.6 Å². The first-order valence-electron chi connectivity index (χ1n) is 8.06. The Labute approximate surface area is 147 Å². The first-order valence-corrected chi connectivity index (χ1v) is 8.94. The van der Waals surface area contributed by atoms with E-state index in [9.17, 15) is 9.90 Å². The standard InChI is InChI=1S/C18H25N3O2S/c1-13(2)21(3)15-7-4-6-14(12-15)19-18(23)20-16(9-10-22)17-8-5-11-24-17/h4-8,11-13,16,22H,9-10H2,1-3H3,(H2,19,20,23). The highest BCUT2D eigenvalue weighted by Crippen LogP contribution is 2.23. The van der Waals surface area contributed by atoms with Gasteiger partial charge in [0.05, 0.1) is 6.04 Å². The maximum absolute atomic E-state index is 12.3. The smallest absolute Gasteiger partial charge is 0.319 e. The molecule has 1 heterocycles. The summed E-state index contributed by atoms with van der Waals surface area (Å²) in [7, 11) is 2.03. The number of aliphatic hydroxyl groups is 1. The Morgan fingerprint density at radius 1 is 1.29 bits per heavy atom. The van der Waals surface area contributed by atoms with Crippen molar-refractivity contribution in [2.75, 3.05) is 23.9 Å². The number of hydrogen-bond acceptors (Lipinski definition) is 4. The van der Waals surface area contributed by atoms with Gasteiger partial charge in [-0.15, -0.1) is 11.3 Å². The average molecular weight is 347 g/mol. The number of carbonyl (C=O) groups is 1. The van der Waals surface area contributed by atoms with Gasteiger partial charge in [-0.1, -0.05) is 12.1 Å². The molecule has 2 rings (SSSR count). The molecule has 2 amide bonds. The van der Waals surface area contributed by atoms with Crippen molar-refractivity contribution in [2.45, 2.75) is 32.4 Å². The molecule has 6 heteroatoms. The number of anilines is 2. The van der Waals surface area contributed by atoms with Crippen molar-refractivity contribution < 1.29 is 9.90 Å². The minimum atomic E-state index is -0.272. The molecule has 5 nitrogen and oxygen atoms in total. The van der Waals surface area contributed by atoms with Gasteiger partial charge >= 0.3 is 6.03 Å². The fourth-order valence-electron chi connectivity index (χ4n) is 2.33. The molecule has 0 spiro atoms. The molecule has 1 aromatic heterocycles. The molecule has 3 N–H and O–H groups in total. The zero-order chi connectivity index (χ0) is 17.5. The van der Waals surface area contributed by atoms with Crippen molar-refractivity contribution in [3.8, 4) is 0 Å². The van der Waals surface area contributed by atoms with E-state index in [4.69, 9.17) is 0 Å². The normalized spacial score (nSPS) is 12.0. The minimum absolute atomic E-state index is 0.0253. The molecule has 0 aliphatic rings. The van der Waals surface area contributed by atoms with Gasteiger partial charge in [-0.2, -0.15) is 0 Å². The van der Waals surface area contributed by atoms with Gasteiger partial charge in [-0.3, -0.25) is 0 Å². The highest BCUT2D eigenvalue weighted by molar-refractivity contribution is 7.10. The molecular formula is C18H25N3O2S. The van der Waals surface area contributed by atoms with Crippen LogP contribution in [0.5, 0.6) is 0 Å². The van der Waals surface area contributed by atoms with Crippen LogP contribution in [-0.2, 0) is 0 Å². The monoisotopic (exact) mass is 347 g/mol.